The molecule has 0 saturated heterocycles. The van der Waals surface area contributed by atoms with Crippen molar-refractivity contribution in [3.05, 3.63) is 47.5 Å². The highest BCUT2D eigenvalue weighted by molar-refractivity contribution is 7.92. The number of nitrogens with one attached hydrogen (secondary N) is 2. The Morgan fingerprint density at radius 3 is 2.39 bits per heavy atom. The van der Waals surface area contributed by atoms with Crippen LogP contribution in [0.2, 0.25) is 0 Å². The van der Waals surface area contributed by atoms with Crippen LogP contribution < -0.4 is 10.0 Å². The molecule has 0 heterocycles. The number of carbonyl (C=O) groups is 1. The number of carbonyl (C=O) groups excluding carboxylic acids is 1. The standard InChI is InChI=1S/C16H18N2O4S/c1-10-4-7-15(20)16(8-10)23(21,22)18-13-5-6-14(11(2)9-13)17-12(3)19/h4-9,18,20H,1-3H3,(H,17,19). The van der Waals surface area contributed by atoms with Crippen LogP contribution in [0.25, 0.3) is 0 Å². The zero-order valence-electron chi connectivity index (χ0n) is 13.0. The van der Waals surface area contributed by atoms with E-state index < -0.39 is 10.0 Å². The fourth-order valence-electron chi connectivity index (χ4n) is 2.10. The normalized spacial score (nSPS) is 11.1. The zero-order valence-corrected chi connectivity index (χ0v) is 13.9. The molecular formula is C16H18N2O4S. The van der Waals surface area contributed by atoms with Crippen molar-refractivity contribution in [3.63, 3.8) is 0 Å². The predicted octanol–water partition coefficient (Wildman–Crippen LogP) is 2.77. The van der Waals surface area contributed by atoms with Crippen molar-refractivity contribution in [1.29, 1.82) is 0 Å². The Kier molecular flexibility index (Phi) is 4.60. The summed E-state index contributed by atoms with van der Waals surface area (Å²) in [4.78, 5) is 10.9. The predicted molar refractivity (Wildman–Crippen MR) is 89.1 cm³/mol. The van der Waals surface area contributed by atoms with Crippen molar-refractivity contribution in [1.82, 2.24) is 0 Å². The molecule has 7 heteroatoms. The first-order valence-corrected chi connectivity index (χ1v) is 8.38. The molecule has 0 unspecified atom stereocenters. The fourth-order valence-corrected chi connectivity index (χ4v) is 3.34. The van der Waals surface area contributed by atoms with E-state index >= 15 is 0 Å². The molecule has 0 aliphatic heterocycles. The lowest BCUT2D eigenvalue weighted by molar-refractivity contribution is -0.114. The molecule has 2 aromatic carbocycles. The minimum Gasteiger partial charge on any atom is -0.507 e. The molecule has 6 nitrogen and oxygen atoms in total. The second kappa shape index (κ2) is 6.29. The van der Waals surface area contributed by atoms with Crippen molar-refractivity contribution in [2.75, 3.05) is 10.0 Å². The van der Waals surface area contributed by atoms with Gasteiger partial charge in [-0.3, -0.25) is 9.52 Å². The maximum atomic E-state index is 12.4. The average Bonchev–Trinajstić information content (AvgIpc) is 2.43. The molecule has 23 heavy (non-hydrogen) atoms. The summed E-state index contributed by atoms with van der Waals surface area (Å²) in [6.45, 7) is 4.90. The largest absolute Gasteiger partial charge is 0.507 e. The van der Waals surface area contributed by atoms with Gasteiger partial charge in [0.15, 0.2) is 0 Å². The van der Waals surface area contributed by atoms with Crippen LogP contribution in [0.4, 0.5) is 11.4 Å². The van der Waals surface area contributed by atoms with Crippen LogP contribution in [0.1, 0.15) is 18.1 Å². The highest BCUT2D eigenvalue weighted by atomic mass is 32.2. The third-order valence-corrected chi connectivity index (χ3v) is 4.60. The van der Waals surface area contributed by atoms with Crippen molar-refractivity contribution in [2.45, 2.75) is 25.7 Å². The monoisotopic (exact) mass is 334 g/mol. The average molecular weight is 334 g/mol. The van der Waals surface area contributed by atoms with E-state index in [0.717, 1.165) is 5.56 Å². The second-order valence-electron chi connectivity index (χ2n) is 5.29. The molecule has 0 aliphatic carbocycles. The van der Waals surface area contributed by atoms with E-state index in [1.165, 1.54) is 19.1 Å². The van der Waals surface area contributed by atoms with Gasteiger partial charge in [-0.2, -0.15) is 0 Å². The van der Waals surface area contributed by atoms with Gasteiger partial charge in [-0.1, -0.05) is 6.07 Å². The molecule has 122 valence electrons. The summed E-state index contributed by atoms with van der Waals surface area (Å²) in [5.74, 6) is -0.513. The van der Waals surface area contributed by atoms with Crippen molar-refractivity contribution in [2.24, 2.45) is 0 Å². The number of phenolic OH excluding ortho intramolecular Hbond substituents is 1. The second-order valence-corrected chi connectivity index (χ2v) is 6.94. The molecule has 0 radical (unpaired) electrons. The first-order valence-electron chi connectivity index (χ1n) is 6.90. The molecule has 0 aromatic heterocycles. The molecule has 0 atom stereocenters. The number of hydrogen-bond donors (Lipinski definition) is 3. The Labute approximate surface area is 135 Å². The van der Waals surface area contributed by atoms with Crippen LogP contribution in [-0.4, -0.2) is 19.4 Å². The first-order chi connectivity index (χ1) is 10.7. The van der Waals surface area contributed by atoms with Gasteiger partial charge in [-0.15, -0.1) is 0 Å². The Balaban J connectivity index is 2.32. The number of anilines is 2. The number of phenols is 1. The van der Waals surface area contributed by atoms with E-state index in [2.05, 4.69) is 10.0 Å². The maximum absolute atomic E-state index is 12.4. The molecule has 2 aromatic rings. The quantitative estimate of drug-likeness (QED) is 0.801. The van der Waals surface area contributed by atoms with Gasteiger partial charge in [0, 0.05) is 18.3 Å². The number of aromatic hydroxyl groups is 1. The van der Waals surface area contributed by atoms with E-state index in [9.17, 15) is 18.3 Å². The first kappa shape index (κ1) is 16.8. The molecule has 2 rings (SSSR count). The number of benzene rings is 2. The summed E-state index contributed by atoms with van der Waals surface area (Å²) in [7, 11) is -3.91. The van der Waals surface area contributed by atoms with E-state index in [0.29, 0.717) is 16.9 Å². The number of amides is 1. The number of aryl methyl sites for hydroxylation is 2. The van der Waals surface area contributed by atoms with E-state index in [1.807, 2.05) is 0 Å². The lowest BCUT2D eigenvalue weighted by atomic mass is 10.2. The SMILES string of the molecule is CC(=O)Nc1ccc(NS(=O)(=O)c2cc(C)ccc2O)cc1C. The minimum absolute atomic E-state index is 0.180. The molecule has 0 bridgehead atoms. The lowest BCUT2D eigenvalue weighted by Gasteiger charge is -2.12. The Hall–Kier alpha value is -2.54. The Bertz CT molecular complexity index is 860. The molecular weight excluding hydrogens is 316 g/mol. The van der Waals surface area contributed by atoms with Crippen molar-refractivity contribution < 1.29 is 18.3 Å². The Morgan fingerprint density at radius 2 is 1.78 bits per heavy atom. The van der Waals surface area contributed by atoms with Crippen molar-refractivity contribution >= 4 is 27.3 Å². The van der Waals surface area contributed by atoms with Gasteiger partial charge < -0.3 is 10.4 Å². The fraction of sp³-hybridized carbons (Fsp3) is 0.188. The number of rotatable bonds is 4. The molecule has 0 saturated carbocycles. The maximum Gasteiger partial charge on any atom is 0.265 e. The topological polar surface area (TPSA) is 95.5 Å². The minimum atomic E-state index is -3.91. The van der Waals surface area contributed by atoms with Crippen molar-refractivity contribution in [3.8, 4) is 5.75 Å². The number of hydrogen-bond acceptors (Lipinski definition) is 4. The van der Waals surface area contributed by atoms with Gasteiger partial charge in [-0.25, -0.2) is 8.42 Å². The van der Waals surface area contributed by atoms with Gasteiger partial charge in [-0.05, 0) is 55.3 Å². The van der Waals surface area contributed by atoms with Gasteiger partial charge in [0.1, 0.15) is 10.6 Å². The summed E-state index contributed by atoms with van der Waals surface area (Å²) < 4.78 is 27.2. The van der Waals surface area contributed by atoms with Gasteiger partial charge in [0.2, 0.25) is 5.91 Å². The molecule has 0 fully saturated rings. The highest BCUT2D eigenvalue weighted by Crippen LogP contribution is 2.27. The van der Waals surface area contributed by atoms with E-state index in [4.69, 9.17) is 0 Å². The highest BCUT2D eigenvalue weighted by Gasteiger charge is 2.19. The summed E-state index contributed by atoms with van der Waals surface area (Å²) in [5, 5.41) is 12.4. The smallest absolute Gasteiger partial charge is 0.265 e. The summed E-state index contributed by atoms with van der Waals surface area (Å²) in [5.41, 5.74) is 2.39. The molecule has 0 aliphatic rings. The van der Waals surface area contributed by atoms with Crippen LogP contribution in [0.5, 0.6) is 5.75 Å². The molecule has 3 N–H and O–H groups in total. The van der Waals surface area contributed by atoms with Crippen LogP contribution in [0.3, 0.4) is 0 Å². The van der Waals surface area contributed by atoms with E-state index in [1.54, 1.807) is 38.1 Å². The van der Waals surface area contributed by atoms with Gasteiger partial charge in [0.05, 0.1) is 0 Å². The van der Waals surface area contributed by atoms with Gasteiger partial charge >= 0.3 is 0 Å². The summed E-state index contributed by atoms with van der Waals surface area (Å²) in [6, 6.07) is 9.13. The Morgan fingerprint density at radius 1 is 1.09 bits per heavy atom. The number of sulfonamides is 1. The lowest BCUT2D eigenvalue weighted by Crippen LogP contribution is -2.14. The zero-order chi connectivity index (χ0) is 17.2. The molecule has 0 spiro atoms. The molecule has 1 amide bonds. The van der Waals surface area contributed by atoms with Crippen LogP contribution >= 0.6 is 0 Å². The van der Waals surface area contributed by atoms with Crippen LogP contribution in [0.15, 0.2) is 41.3 Å². The third kappa shape index (κ3) is 4.01. The van der Waals surface area contributed by atoms with Crippen LogP contribution in [-0.2, 0) is 14.8 Å². The third-order valence-electron chi connectivity index (χ3n) is 3.19. The van der Waals surface area contributed by atoms with Gasteiger partial charge in [0.25, 0.3) is 10.0 Å². The summed E-state index contributed by atoms with van der Waals surface area (Å²) in [6.07, 6.45) is 0. The van der Waals surface area contributed by atoms with E-state index in [-0.39, 0.29) is 16.6 Å². The van der Waals surface area contributed by atoms with Crippen LogP contribution in [0, 0.1) is 13.8 Å². The summed E-state index contributed by atoms with van der Waals surface area (Å²) >= 11 is 0.